The summed E-state index contributed by atoms with van der Waals surface area (Å²) < 4.78 is 17.0. The number of nitrogens with one attached hydrogen (secondary N) is 2. The van der Waals surface area contributed by atoms with E-state index in [4.69, 9.17) is 0 Å². The molecule has 0 radical (unpaired) electrons. The van der Waals surface area contributed by atoms with Gasteiger partial charge >= 0.3 is 12.0 Å². The molecule has 0 aliphatic rings. The maximum atomic E-state index is 12.6. The van der Waals surface area contributed by atoms with Gasteiger partial charge in [-0.05, 0) is 31.2 Å². The topological polar surface area (TPSA) is 67.4 Å². The molecular formula is C11H13FN2O3. The Kier molecular flexibility index (Phi) is 4.45. The lowest BCUT2D eigenvalue weighted by Gasteiger charge is -2.12. The fourth-order valence-electron chi connectivity index (χ4n) is 1.13. The lowest BCUT2D eigenvalue weighted by molar-refractivity contribution is -0.142. The van der Waals surface area contributed by atoms with Crippen molar-refractivity contribution >= 4 is 17.7 Å². The Balaban J connectivity index is 2.50. The highest BCUT2D eigenvalue weighted by Crippen LogP contribution is 2.07. The Labute approximate surface area is 98.0 Å². The highest BCUT2D eigenvalue weighted by atomic mass is 19.1. The van der Waals surface area contributed by atoms with Gasteiger partial charge in [-0.1, -0.05) is 0 Å². The molecule has 0 saturated carbocycles. The van der Waals surface area contributed by atoms with Crippen LogP contribution in [0.4, 0.5) is 14.9 Å². The summed E-state index contributed by atoms with van der Waals surface area (Å²) in [6, 6.07) is 3.96. The molecular weight excluding hydrogens is 227 g/mol. The van der Waals surface area contributed by atoms with Gasteiger partial charge in [-0.15, -0.1) is 0 Å². The van der Waals surface area contributed by atoms with Gasteiger partial charge in [-0.25, -0.2) is 14.0 Å². The Bertz CT molecular complexity index is 406. The van der Waals surface area contributed by atoms with E-state index in [9.17, 15) is 14.0 Å². The number of rotatable bonds is 3. The first-order chi connectivity index (χ1) is 8.02. The van der Waals surface area contributed by atoms with E-state index in [2.05, 4.69) is 15.4 Å². The van der Waals surface area contributed by atoms with Crippen LogP contribution in [0, 0.1) is 5.82 Å². The molecule has 6 heteroatoms. The Morgan fingerprint density at radius 1 is 1.29 bits per heavy atom. The molecule has 0 aliphatic heterocycles. The van der Waals surface area contributed by atoms with Crippen LogP contribution < -0.4 is 10.6 Å². The second-order valence-corrected chi connectivity index (χ2v) is 3.35. The molecule has 0 heterocycles. The zero-order valence-electron chi connectivity index (χ0n) is 9.49. The highest BCUT2D eigenvalue weighted by Gasteiger charge is 2.15. The number of ether oxygens (including phenoxy) is 1. The van der Waals surface area contributed by atoms with E-state index in [0.717, 1.165) is 0 Å². The van der Waals surface area contributed by atoms with Crippen molar-refractivity contribution in [3.63, 3.8) is 0 Å². The van der Waals surface area contributed by atoms with E-state index in [1.54, 1.807) is 0 Å². The first-order valence-corrected chi connectivity index (χ1v) is 4.94. The van der Waals surface area contributed by atoms with Gasteiger partial charge in [0.05, 0.1) is 7.11 Å². The molecule has 92 valence electrons. The summed E-state index contributed by atoms with van der Waals surface area (Å²) in [4.78, 5) is 22.4. The molecule has 1 aromatic carbocycles. The number of benzene rings is 1. The van der Waals surface area contributed by atoms with Crippen molar-refractivity contribution in [1.29, 1.82) is 0 Å². The zero-order chi connectivity index (χ0) is 12.8. The number of carbonyl (C=O) groups is 2. The molecule has 0 saturated heterocycles. The predicted molar refractivity (Wildman–Crippen MR) is 60.0 cm³/mol. The number of hydrogen-bond donors (Lipinski definition) is 2. The Morgan fingerprint density at radius 2 is 1.88 bits per heavy atom. The molecule has 2 N–H and O–H groups in total. The minimum atomic E-state index is -0.750. The molecule has 1 atom stereocenters. The average Bonchev–Trinajstić information content (AvgIpc) is 2.30. The number of urea groups is 1. The van der Waals surface area contributed by atoms with Gasteiger partial charge in [0.1, 0.15) is 11.9 Å². The van der Waals surface area contributed by atoms with Crippen LogP contribution in [0.15, 0.2) is 24.3 Å². The minimum absolute atomic E-state index is 0.390. The standard InChI is InChI=1S/C11H13FN2O3/c1-7(10(15)17-2)13-11(16)14-9-5-3-8(12)4-6-9/h3-7H,1-2H3,(H2,13,14,16)/t7-/m0/s1. The van der Waals surface area contributed by atoms with E-state index in [1.807, 2.05) is 0 Å². The summed E-state index contributed by atoms with van der Waals surface area (Å²) >= 11 is 0. The smallest absolute Gasteiger partial charge is 0.328 e. The van der Waals surface area contributed by atoms with Crippen molar-refractivity contribution in [3.8, 4) is 0 Å². The van der Waals surface area contributed by atoms with Gasteiger partial charge in [-0.2, -0.15) is 0 Å². The van der Waals surface area contributed by atoms with E-state index < -0.39 is 18.0 Å². The molecule has 1 aromatic rings. The van der Waals surface area contributed by atoms with Crippen LogP contribution in [0.1, 0.15) is 6.92 Å². The van der Waals surface area contributed by atoms with Crippen molar-refractivity contribution in [2.75, 3.05) is 12.4 Å². The van der Waals surface area contributed by atoms with Gasteiger partial charge in [0.15, 0.2) is 0 Å². The van der Waals surface area contributed by atoms with Crippen LogP contribution in [0.3, 0.4) is 0 Å². The van der Waals surface area contributed by atoms with Crippen molar-refractivity contribution in [1.82, 2.24) is 5.32 Å². The number of amides is 2. The van der Waals surface area contributed by atoms with Crippen LogP contribution >= 0.6 is 0 Å². The Hall–Kier alpha value is -2.11. The quantitative estimate of drug-likeness (QED) is 0.787. The van der Waals surface area contributed by atoms with Crippen molar-refractivity contribution in [3.05, 3.63) is 30.1 Å². The average molecular weight is 240 g/mol. The molecule has 2 amide bonds. The first kappa shape index (κ1) is 13.0. The van der Waals surface area contributed by atoms with Crippen LogP contribution in [-0.2, 0) is 9.53 Å². The summed E-state index contributed by atoms with van der Waals surface area (Å²) in [5, 5.41) is 4.83. The molecule has 0 aromatic heterocycles. The third-order valence-corrected chi connectivity index (χ3v) is 2.00. The Morgan fingerprint density at radius 3 is 2.41 bits per heavy atom. The first-order valence-electron chi connectivity index (χ1n) is 4.94. The largest absolute Gasteiger partial charge is 0.467 e. The second kappa shape index (κ2) is 5.83. The SMILES string of the molecule is COC(=O)[C@H](C)NC(=O)Nc1ccc(F)cc1. The van der Waals surface area contributed by atoms with Gasteiger partial charge in [0.25, 0.3) is 0 Å². The number of anilines is 1. The second-order valence-electron chi connectivity index (χ2n) is 3.35. The predicted octanol–water partition coefficient (Wildman–Crippen LogP) is 1.51. The van der Waals surface area contributed by atoms with Crippen molar-refractivity contribution < 1.29 is 18.7 Å². The molecule has 17 heavy (non-hydrogen) atoms. The summed E-state index contributed by atoms with van der Waals surface area (Å²) in [6.45, 7) is 1.50. The highest BCUT2D eigenvalue weighted by molar-refractivity contribution is 5.92. The molecule has 0 unspecified atom stereocenters. The number of esters is 1. The summed E-state index contributed by atoms with van der Waals surface area (Å²) in [6.07, 6.45) is 0. The van der Waals surface area contributed by atoms with Crippen LogP contribution in [-0.4, -0.2) is 25.2 Å². The van der Waals surface area contributed by atoms with E-state index in [-0.39, 0.29) is 5.82 Å². The number of carbonyl (C=O) groups excluding carboxylic acids is 2. The van der Waals surface area contributed by atoms with E-state index in [1.165, 1.54) is 38.3 Å². The third-order valence-electron chi connectivity index (χ3n) is 2.00. The van der Waals surface area contributed by atoms with Crippen molar-refractivity contribution in [2.45, 2.75) is 13.0 Å². The molecule has 0 spiro atoms. The maximum Gasteiger partial charge on any atom is 0.328 e. The molecule has 5 nitrogen and oxygen atoms in total. The van der Waals surface area contributed by atoms with Crippen LogP contribution in [0.5, 0.6) is 0 Å². The number of halogens is 1. The van der Waals surface area contributed by atoms with Gasteiger partial charge in [-0.3, -0.25) is 0 Å². The fraction of sp³-hybridized carbons (Fsp3) is 0.273. The minimum Gasteiger partial charge on any atom is -0.467 e. The lowest BCUT2D eigenvalue weighted by atomic mass is 10.3. The van der Waals surface area contributed by atoms with Gasteiger partial charge in [0, 0.05) is 5.69 Å². The molecule has 0 bridgehead atoms. The monoisotopic (exact) mass is 240 g/mol. The molecule has 0 fully saturated rings. The van der Waals surface area contributed by atoms with Gasteiger partial charge in [0.2, 0.25) is 0 Å². The number of hydrogen-bond acceptors (Lipinski definition) is 3. The summed E-state index contributed by atoms with van der Waals surface area (Å²) in [5.41, 5.74) is 0.431. The van der Waals surface area contributed by atoms with Gasteiger partial charge < -0.3 is 15.4 Å². The van der Waals surface area contributed by atoms with Crippen LogP contribution in [0.25, 0.3) is 0 Å². The van der Waals surface area contributed by atoms with E-state index >= 15 is 0 Å². The molecule has 1 rings (SSSR count). The fourth-order valence-corrected chi connectivity index (χ4v) is 1.13. The zero-order valence-corrected chi connectivity index (χ0v) is 9.49. The third kappa shape index (κ3) is 4.10. The maximum absolute atomic E-state index is 12.6. The molecule has 0 aliphatic carbocycles. The lowest BCUT2D eigenvalue weighted by Crippen LogP contribution is -2.41. The van der Waals surface area contributed by atoms with E-state index in [0.29, 0.717) is 5.69 Å². The summed E-state index contributed by atoms with van der Waals surface area (Å²) in [7, 11) is 1.23. The van der Waals surface area contributed by atoms with Crippen LogP contribution in [0.2, 0.25) is 0 Å². The summed E-state index contributed by atoms with van der Waals surface area (Å²) in [5.74, 6) is -0.932. The number of methoxy groups -OCH3 is 1. The van der Waals surface area contributed by atoms with Crippen molar-refractivity contribution in [2.24, 2.45) is 0 Å². The normalized spacial score (nSPS) is 11.5.